The standard InChI is InChI=1S/C24H29NO2/c26-22(21-7-3-5-19-4-1-2-6-20(19)21)8-9-25-23(27)24-13-16-10-17(14-24)12-18(11-16)15-24/h1-7,16-18,22,26H,8-15H2,(H,25,27). The van der Waals surface area contributed by atoms with Crippen LogP contribution in [0.2, 0.25) is 0 Å². The Kier molecular flexibility index (Phi) is 4.23. The number of carbonyl (C=O) groups excluding carboxylic acids is 1. The van der Waals surface area contributed by atoms with Crippen LogP contribution in [-0.2, 0) is 4.79 Å². The van der Waals surface area contributed by atoms with Crippen molar-refractivity contribution >= 4 is 16.7 Å². The second-order valence-corrected chi connectivity index (χ2v) is 9.33. The highest BCUT2D eigenvalue weighted by atomic mass is 16.3. The Hall–Kier alpha value is -1.87. The predicted octanol–water partition coefficient (Wildman–Crippen LogP) is 4.60. The van der Waals surface area contributed by atoms with Gasteiger partial charge in [-0.15, -0.1) is 0 Å². The normalized spacial score (nSPS) is 32.6. The third kappa shape index (κ3) is 3.06. The first-order chi connectivity index (χ1) is 13.1. The van der Waals surface area contributed by atoms with Crippen LogP contribution in [0, 0.1) is 23.2 Å². The minimum Gasteiger partial charge on any atom is -0.388 e. The molecule has 2 aromatic carbocycles. The summed E-state index contributed by atoms with van der Waals surface area (Å²) in [4.78, 5) is 13.0. The molecule has 4 aliphatic carbocycles. The highest BCUT2D eigenvalue weighted by molar-refractivity contribution is 5.86. The van der Waals surface area contributed by atoms with Gasteiger partial charge >= 0.3 is 0 Å². The number of aliphatic hydroxyl groups is 1. The predicted molar refractivity (Wildman–Crippen MR) is 107 cm³/mol. The summed E-state index contributed by atoms with van der Waals surface area (Å²) in [7, 11) is 0. The van der Waals surface area contributed by atoms with E-state index >= 15 is 0 Å². The van der Waals surface area contributed by atoms with Crippen LogP contribution in [0.1, 0.15) is 56.6 Å². The van der Waals surface area contributed by atoms with Crippen LogP contribution >= 0.6 is 0 Å². The van der Waals surface area contributed by atoms with Gasteiger partial charge in [-0.25, -0.2) is 0 Å². The van der Waals surface area contributed by atoms with E-state index < -0.39 is 6.10 Å². The second-order valence-electron chi connectivity index (χ2n) is 9.33. The lowest BCUT2D eigenvalue weighted by atomic mass is 9.49. The first-order valence-electron chi connectivity index (χ1n) is 10.6. The minimum atomic E-state index is -0.548. The Morgan fingerprint density at radius 2 is 1.63 bits per heavy atom. The van der Waals surface area contributed by atoms with Crippen molar-refractivity contribution in [2.24, 2.45) is 23.2 Å². The van der Waals surface area contributed by atoms with Gasteiger partial charge in [0, 0.05) is 12.0 Å². The summed E-state index contributed by atoms with van der Waals surface area (Å²) in [6.45, 7) is 0.547. The molecule has 0 spiro atoms. The van der Waals surface area contributed by atoms with E-state index in [0.29, 0.717) is 13.0 Å². The van der Waals surface area contributed by atoms with E-state index in [-0.39, 0.29) is 11.3 Å². The van der Waals surface area contributed by atoms with Gasteiger partial charge in [-0.05, 0) is 79.0 Å². The molecule has 0 saturated heterocycles. The third-order valence-electron chi connectivity index (χ3n) is 7.41. The van der Waals surface area contributed by atoms with Crippen molar-refractivity contribution in [3.63, 3.8) is 0 Å². The van der Waals surface area contributed by atoms with E-state index in [1.165, 1.54) is 19.3 Å². The molecule has 4 bridgehead atoms. The molecule has 2 N–H and O–H groups in total. The van der Waals surface area contributed by atoms with Crippen LogP contribution in [0.15, 0.2) is 42.5 Å². The SMILES string of the molecule is O=C(NCCC(O)c1cccc2ccccc12)C12CC3CC(CC(C3)C1)C2. The van der Waals surface area contributed by atoms with Crippen LogP contribution in [0.4, 0.5) is 0 Å². The van der Waals surface area contributed by atoms with Gasteiger partial charge in [0.05, 0.1) is 6.10 Å². The van der Waals surface area contributed by atoms with E-state index in [1.54, 1.807) is 0 Å². The molecular weight excluding hydrogens is 334 g/mol. The summed E-state index contributed by atoms with van der Waals surface area (Å²) in [6.07, 6.45) is 7.36. The summed E-state index contributed by atoms with van der Waals surface area (Å²) in [5.41, 5.74) is 0.858. The number of nitrogens with one attached hydrogen (secondary N) is 1. The number of amides is 1. The van der Waals surface area contributed by atoms with E-state index in [0.717, 1.165) is 53.4 Å². The molecule has 0 aromatic heterocycles. The van der Waals surface area contributed by atoms with E-state index in [9.17, 15) is 9.90 Å². The van der Waals surface area contributed by atoms with E-state index in [2.05, 4.69) is 23.5 Å². The fourth-order valence-corrected chi connectivity index (χ4v) is 6.60. The van der Waals surface area contributed by atoms with Crippen molar-refractivity contribution < 1.29 is 9.90 Å². The van der Waals surface area contributed by atoms with Crippen LogP contribution in [-0.4, -0.2) is 17.6 Å². The Balaban J connectivity index is 1.23. The Morgan fingerprint density at radius 3 is 2.33 bits per heavy atom. The molecule has 27 heavy (non-hydrogen) atoms. The van der Waals surface area contributed by atoms with Crippen molar-refractivity contribution in [3.8, 4) is 0 Å². The fraction of sp³-hybridized carbons (Fsp3) is 0.542. The minimum absolute atomic E-state index is 0.0981. The lowest BCUT2D eigenvalue weighted by Crippen LogP contribution is -2.53. The number of hydrogen-bond acceptors (Lipinski definition) is 2. The largest absolute Gasteiger partial charge is 0.388 e. The molecule has 0 heterocycles. The number of carbonyl (C=O) groups is 1. The average Bonchev–Trinajstić information content (AvgIpc) is 2.66. The maximum Gasteiger partial charge on any atom is 0.226 e. The van der Waals surface area contributed by atoms with E-state index in [1.807, 2.05) is 24.3 Å². The van der Waals surface area contributed by atoms with Crippen LogP contribution in [0.5, 0.6) is 0 Å². The Bertz CT molecular complexity index is 818. The number of fused-ring (bicyclic) bond motifs is 1. The molecule has 0 aliphatic heterocycles. The fourth-order valence-electron chi connectivity index (χ4n) is 6.60. The third-order valence-corrected chi connectivity index (χ3v) is 7.41. The molecule has 4 saturated carbocycles. The summed E-state index contributed by atoms with van der Waals surface area (Å²) in [6, 6.07) is 14.2. The van der Waals surface area contributed by atoms with Gasteiger partial charge in [0.25, 0.3) is 0 Å². The highest BCUT2D eigenvalue weighted by Crippen LogP contribution is 2.60. The van der Waals surface area contributed by atoms with Gasteiger partial charge in [-0.3, -0.25) is 4.79 Å². The Morgan fingerprint density at radius 1 is 1.00 bits per heavy atom. The molecule has 1 amide bonds. The number of benzene rings is 2. The van der Waals surface area contributed by atoms with Crippen molar-refractivity contribution in [3.05, 3.63) is 48.0 Å². The maximum atomic E-state index is 13.0. The zero-order chi connectivity index (χ0) is 18.4. The van der Waals surface area contributed by atoms with Crippen LogP contribution < -0.4 is 5.32 Å². The lowest BCUT2D eigenvalue weighted by molar-refractivity contribution is -0.146. The first-order valence-corrected chi connectivity index (χ1v) is 10.6. The van der Waals surface area contributed by atoms with Gasteiger partial charge in [0.15, 0.2) is 0 Å². The average molecular weight is 364 g/mol. The van der Waals surface area contributed by atoms with Crippen molar-refractivity contribution in [2.45, 2.75) is 51.0 Å². The van der Waals surface area contributed by atoms with Gasteiger partial charge in [-0.1, -0.05) is 42.5 Å². The summed E-state index contributed by atoms with van der Waals surface area (Å²) in [5.74, 6) is 2.60. The molecule has 142 valence electrons. The second kappa shape index (κ2) is 6.63. The highest BCUT2D eigenvalue weighted by Gasteiger charge is 2.54. The maximum absolute atomic E-state index is 13.0. The molecule has 1 atom stereocenters. The number of rotatable bonds is 5. The zero-order valence-corrected chi connectivity index (χ0v) is 15.9. The Labute approximate surface area is 161 Å². The molecule has 2 aromatic rings. The molecule has 6 rings (SSSR count). The zero-order valence-electron chi connectivity index (χ0n) is 15.9. The van der Waals surface area contributed by atoms with Crippen molar-refractivity contribution in [1.29, 1.82) is 0 Å². The molecule has 4 aliphatic rings. The van der Waals surface area contributed by atoms with Gasteiger partial charge in [0.2, 0.25) is 5.91 Å². The van der Waals surface area contributed by atoms with Crippen molar-refractivity contribution in [2.75, 3.05) is 6.54 Å². The topological polar surface area (TPSA) is 49.3 Å². The molecule has 3 heteroatoms. The van der Waals surface area contributed by atoms with Gasteiger partial charge < -0.3 is 10.4 Å². The summed E-state index contributed by atoms with van der Waals surface area (Å²) in [5, 5.41) is 16.1. The monoisotopic (exact) mass is 363 g/mol. The van der Waals surface area contributed by atoms with Gasteiger partial charge in [0.1, 0.15) is 0 Å². The van der Waals surface area contributed by atoms with Crippen molar-refractivity contribution in [1.82, 2.24) is 5.32 Å². The number of aliphatic hydroxyl groups excluding tert-OH is 1. The van der Waals surface area contributed by atoms with Gasteiger partial charge in [-0.2, -0.15) is 0 Å². The smallest absolute Gasteiger partial charge is 0.226 e. The molecule has 1 unspecified atom stereocenters. The first kappa shape index (κ1) is 17.2. The van der Waals surface area contributed by atoms with E-state index in [4.69, 9.17) is 0 Å². The number of hydrogen-bond donors (Lipinski definition) is 2. The lowest BCUT2D eigenvalue weighted by Gasteiger charge is -2.55. The van der Waals surface area contributed by atoms with Crippen LogP contribution in [0.25, 0.3) is 10.8 Å². The summed E-state index contributed by atoms with van der Waals surface area (Å²) < 4.78 is 0. The molecule has 4 fully saturated rings. The molecule has 0 radical (unpaired) electrons. The molecule has 3 nitrogen and oxygen atoms in total. The van der Waals surface area contributed by atoms with Crippen LogP contribution in [0.3, 0.4) is 0 Å². The summed E-state index contributed by atoms with van der Waals surface area (Å²) >= 11 is 0. The quantitative estimate of drug-likeness (QED) is 0.816. The molecular formula is C24H29NO2.